The Labute approximate surface area is 153 Å². The lowest BCUT2D eigenvalue weighted by Crippen LogP contribution is -2.45. The first-order valence-electron chi connectivity index (χ1n) is 8.49. The maximum Gasteiger partial charge on any atom is 0.405 e. The SMILES string of the molecule is CC(C)(C)c1cn2nc(N3CCCC(C(=O)NCC(F)(F)F)C3)sc2n1. The number of amides is 1. The summed E-state index contributed by atoms with van der Waals surface area (Å²) >= 11 is 1.43. The van der Waals surface area contributed by atoms with Crippen LogP contribution in [0.25, 0.3) is 4.96 Å². The van der Waals surface area contributed by atoms with E-state index in [0.29, 0.717) is 13.0 Å². The predicted molar refractivity (Wildman–Crippen MR) is 93.6 cm³/mol. The van der Waals surface area contributed by atoms with Gasteiger partial charge in [-0.2, -0.15) is 13.2 Å². The van der Waals surface area contributed by atoms with E-state index in [1.807, 2.05) is 16.4 Å². The number of piperidine rings is 1. The van der Waals surface area contributed by atoms with Crippen LogP contribution >= 0.6 is 11.3 Å². The van der Waals surface area contributed by atoms with E-state index in [1.54, 1.807) is 4.52 Å². The first-order valence-corrected chi connectivity index (χ1v) is 9.31. The summed E-state index contributed by atoms with van der Waals surface area (Å²) in [4.78, 5) is 19.4. The van der Waals surface area contributed by atoms with Crippen LogP contribution in [0.4, 0.5) is 18.3 Å². The van der Waals surface area contributed by atoms with E-state index in [4.69, 9.17) is 0 Å². The highest BCUT2D eigenvalue weighted by Gasteiger charge is 2.32. The number of imidazole rings is 1. The second kappa shape index (κ2) is 6.71. The van der Waals surface area contributed by atoms with Gasteiger partial charge in [0.25, 0.3) is 0 Å². The highest BCUT2D eigenvalue weighted by Crippen LogP contribution is 2.30. The molecule has 0 aromatic carbocycles. The van der Waals surface area contributed by atoms with Crippen molar-refractivity contribution in [1.29, 1.82) is 0 Å². The van der Waals surface area contributed by atoms with E-state index >= 15 is 0 Å². The van der Waals surface area contributed by atoms with Gasteiger partial charge in [-0.3, -0.25) is 4.79 Å². The van der Waals surface area contributed by atoms with Crippen molar-refractivity contribution in [2.45, 2.75) is 45.2 Å². The highest BCUT2D eigenvalue weighted by atomic mass is 32.1. The Morgan fingerprint density at radius 3 is 2.73 bits per heavy atom. The van der Waals surface area contributed by atoms with E-state index in [9.17, 15) is 18.0 Å². The number of nitrogens with zero attached hydrogens (tertiary/aromatic N) is 4. The molecule has 1 amide bonds. The molecule has 26 heavy (non-hydrogen) atoms. The van der Waals surface area contributed by atoms with Crippen LogP contribution < -0.4 is 10.2 Å². The average molecular weight is 389 g/mol. The number of aromatic nitrogens is 3. The van der Waals surface area contributed by atoms with Crippen LogP contribution in [0.3, 0.4) is 0 Å². The quantitative estimate of drug-likeness (QED) is 0.877. The van der Waals surface area contributed by atoms with Crippen molar-refractivity contribution in [3.63, 3.8) is 0 Å². The highest BCUT2D eigenvalue weighted by molar-refractivity contribution is 7.20. The number of hydrogen-bond acceptors (Lipinski definition) is 5. The van der Waals surface area contributed by atoms with Crippen LogP contribution in [0.2, 0.25) is 0 Å². The third-order valence-electron chi connectivity index (χ3n) is 4.33. The molecule has 2 aromatic heterocycles. The van der Waals surface area contributed by atoms with Crippen LogP contribution in [0.1, 0.15) is 39.3 Å². The maximum absolute atomic E-state index is 12.3. The molecule has 10 heteroatoms. The lowest BCUT2D eigenvalue weighted by Gasteiger charge is -2.31. The number of nitrogens with one attached hydrogen (secondary N) is 1. The molecular formula is C16H22F3N5OS. The normalized spacial score (nSPS) is 19.2. The summed E-state index contributed by atoms with van der Waals surface area (Å²) in [5, 5.41) is 7.26. The summed E-state index contributed by atoms with van der Waals surface area (Å²) < 4.78 is 38.6. The Kier molecular flexibility index (Phi) is 4.89. The molecule has 1 saturated heterocycles. The van der Waals surface area contributed by atoms with Crippen molar-refractivity contribution in [1.82, 2.24) is 19.9 Å². The van der Waals surface area contributed by atoms with E-state index in [1.165, 1.54) is 11.3 Å². The van der Waals surface area contributed by atoms with Crippen molar-refractivity contribution in [3.05, 3.63) is 11.9 Å². The molecule has 3 rings (SSSR count). The van der Waals surface area contributed by atoms with Crippen LogP contribution in [0.15, 0.2) is 6.20 Å². The molecule has 0 bridgehead atoms. The van der Waals surface area contributed by atoms with E-state index in [0.717, 1.165) is 28.8 Å². The van der Waals surface area contributed by atoms with Crippen molar-refractivity contribution >= 4 is 27.3 Å². The van der Waals surface area contributed by atoms with Crippen molar-refractivity contribution in [2.24, 2.45) is 5.92 Å². The molecule has 1 aliphatic rings. The largest absolute Gasteiger partial charge is 0.405 e. The van der Waals surface area contributed by atoms with Crippen LogP contribution in [0, 0.1) is 5.92 Å². The number of hydrogen-bond donors (Lipinski definition) is 1. The number of rotatable bonds is 3. The Balaban J connectivity index is 1.68. The molecule has 0 spiro atoms. The summed E-state index contributed by atoms with van der Waals surface area (Å²) in [7, 11) is 0. The van der Waals surface area contributed by atoms with E-state index in [-0.39, 0.29) is 5.41 Å². The Morgan fingerprint density at radius 1 is 1.38 bits per heavy atom. The number of anilines is 1. The third-order valence-corrected chi connectivity index (χ3v) is 5.31. The molecule has 1 N–H and O–H groups in total. The standard InChI is InChI=1S/C16H22F3N5OS/c1-15(2,3)11-8-24-13(21-11)26-14(22-24)23-6-4-5-10(7-23)12(25)20-9-16(17,18)19/h8,10H,4-7,9H2,1-3H3,(H,20,25). The van der Waals surface area contributed by atoms with Gasteiger partial charge in [-0.25, -0.2) is 9.50 Å². The van der Waals surface area contributed by atoms with Gasteiger partial charge in [0.2, 0.25) is 16.0 Å². The molecule has 2 aromatic rings. The fourth-order valence-corrected chi connectivity index (χ4v) is 3.79. The lowest BCUT2D eigenvalue weighted by molar-refractivity contribution is -0.140. The number of fused-ring (bicyclic) bond motifs is 1. The minimum Gasteiger partial charge on any atom is -0.347 e. The van der Waals surface area contributed by atoms with Crippen LogP contribution in [-0.2, 0) is 10.2 Å². The van der Waals surface area contributed by atoms with E-state index in [2.05, 4.69) is 30.9 Å². The zero-order valence-corrected chi connectivity index (χ0v) is 15.7. The minimum atomic E-state index is -4.39. The molecule has 1 atom stereocenters. The minimum absolute atomic E-state index is 0.0691. The van der Waals surface area contributed by atoms with Crippen LogP contribution in [0.5, 0.6) is 0 Å². The monoisotopic (exact) mass is 389 g/mol. The number of halogens is 3. The number of carbonyl (C=O) groups is 1. The first kappa shape index (κ1) is 18.9. The smallest absolute Gasteiger partial charge is 0.347 e. The lowest BCUT2D eigenvalue weighted by atomic mass is 9.93. The summed E-state index contributed by atoms with van der Waals surface area (Å²) in [5.41, 5.74) is 0.881. The zero-order chi connectivity index (χ0) is 19.1. The molecule has 0 radical (unpaired) electrons. The second-order valence-corrected chi connectivity index (χ2v) is 8.54. The molecule has 0 saturated carbocycles. The molecule has 1 unspecified atom stereocenters. The van der Waals surface area contributed by atoms with Gasteiger partial charge in [-0.1, -0.05) is 32.1 Å². The fraction of sp³-hybridized carbons (Fsp3) is 0.688. The molecular weight excluding hydrogens is 367 g/mol. The van der Waals surface area contributed by atoms with Crippen LogP contribution in [-0.4, -0.2) is 46.3 Å². The van der Waals surface area contributed by atoms with Gasteiger partial charge in [0.15, 0.2) is 0 Å². The fourth-order valence-electron chi connectivity index (χ4n) is 2.88. The summed E-state index contributed by atoms with van der Waals surface area (Å²) in [6, 6.07) is 0. The van der Waals surface area contributed by atoms with Crippen molar-refractivity contribution in [2.75, 3.05) is 24.5 Å². The van der Waals surface area contributed by atoms with Gasteiger partial charge < -0.3 is 10.2 Å². The van der Waals surface area contributed by atoms with Gasteiger partial charge >= 0.3 is 6.18 Å². The topological polar surface area (TPSA) is 62.5 Å². The van der Waals surface area contributed by atoms with Gasteiger partial charge in [0.05, 0.1) is 17.8 Å². The van der Waals surface area contributed by atoms with Crippen molar-refractivity contribution in [3.8, 4) is 0 Å². The summed E-state index contributed by atoms with van der Waals surface area (Å²) in [5.74, 6) is -1.02. The number of alkyl halides is 3. The Hall–Kier alpha value is -1.84. The van der Waals surface area contributed by atoms with E-state index < -0.39 is 24.5 Å². The summed E-state index contributed by atoms with van der Waals surface area (Å²) in [6.07, 6.45) is -1.18. The maximum atomic E-state index is 12.3. The van der Waals surface area contributed by atoms with Gasteiger partial charge in [-0.05, 0) is 12.8 Å². The molecule has 144 valence electrons. The predicted octanol–water partition coefficient (Wildman–Crippen LogP) is 2.98. The average Bonchev–Trinajstić information content (AvgIpc) is 3.10. The molecule has 3 heterocycles. The Bertz CT molecular complexity index is 760. The molecule has 6 nitrogen and oxygen atoms in total. The summed E-state index contributed by atoms with van der Waals surface area (Å²) in [6.45, 7) is 6.04. The van der Waals surface area contributed by atoms with Gasteiger partial charge in [-0.15, -0.1) is 5.10 Å². The van der Waals surface area contributed by atoms with Crippen molar-refractivity contribution < 1.29 is 18.0 Å². The second-order valence-electron chi connectivity index (χ2n) is 7.61. The Morgan fingerprint density at radius 2 is 2.12 bits per heavy atom. The number of carbonyl (C=O) groups excluding carboxylic acids is 1. The third kappa shape index (κ3) is 4.28. The zero-order valence-electron chi connectivity index (χ0n) is 14.9. The first-order chi connectivity index (χ1) is 12.0. The molecule has 1 fully saturated rings. The van der Waals surface area contributed by atoms with Gasteiger partial charge in [0.1, 0.15) is 6.54 Å². The van der Waals surface area contributed by atoms with Gasteiger partial charge in [0, 0.05) is 18.5 Å². The molecule has 1 aliphatic heterocycles. The molecule has 0 aliphatic carbocycles.